The third kappa shape index (κ3) is 3.77. The second-order valence-electron chi connectivity index (χ2n) is 6.25. The molecule has 2 N–H and O–H groups in total. The molecule has 0 unspecified atom stereocenters. The predicted molar refractivity (Wildman–Crippen MR) is 106 cm³/mol. The van der Waals surface area contributed by atoms with Crippen molar-refractivity contribution < 1.29 is 29.0 Å². The van der Waals surface area contributed by atoms with Crippen molar-refractivity contribution in [3.63, 3.8) is 0 Å². The van der Waals surface area contributed by atoms with Crippen LogP contribution in [0.3, 0.4) is 0 Å². The van der Waals surface area contributed by atoms with Gasteiger partial charge in [-0.05, 0) is 47.9 Å². The quantitative estimate of drug-likeness (QED) is 0.595. The molecule has 2 aromatic carbocycles. The maximum atomic E-state index is 12.9. The number of benzene rings is 2. The van der Waals surface area contributed by atoms with E-state index in [1.165, 1.54) is 32.4 Å². The lowest BCUT2D eigenvalue weighted by molar-refractivity contribution is -0.122. The smallest absolute Gasteiger partial charge is 0.335 e. The van der Waals surface area contributed by atoms with Crippen LogP contribution >= 0.6 is 0 Å². The van der Waals surface area contributed by atoms with Gasteiger partial charge in [0.15, 0.2) is 11.5 Å². The number of aromatic hydroxyl groups is 1. The number of ether oxygens (including phenoxy) is 2. The predicted octanol–water partition coefficient (Wildman–Crippen LogP) is 2.64. The van der Waals surface area contributed by atoms with Gasteiger partial charge in [-0.25, -0.2) is 9.69 Å². The summed E-state index contributed by atoms with van der Waals surface area (Å²) in [6, 6.07) is 9.00. The number of imide groups is 2. The van der Waals surface area contributed by atoms with Gasteiger partial charge in [0.1, 0.15) is 5.57 Å². The van der Waals surface area contributed by atoms with E-state index < -0.39 is 17.8 Å². The van der Waals surface area contributed by atoms with Crippen molar-refractivity contribution in [2.45, 2.75) is 13.3 Å². The zero-order chi connectivity index (χ0) is 21.1. The number of nitrogens with zero attached hydrogens (tertiary/aromatic N) is 1. The minimum atomic E-state index is -0.817. The van der Waals surface area contributed by atoms with E-state index in [-0.39, 0.29) is 22.8 Å². The largest absolute Gasteiger partial charge is 0.502 e. The van der Waals surface area contributed by atoms with Gasteiger partial charge in [0, 0.05) is 0 Å². The van der Waals surface area contributed by atoms with E-state index >= 15 is 0 Å². The van der Waals surface area contributed by atoms with Crippen LogP contribution in [0.4, 0.5) is 10.5 Å². The topological polar surface area (TPSA) is 105 Å². The van der Waals surface area contributed by atoms with Crippen LogP contribution in [0.1, 0.15) is 18.1 Å². The third-order valence-electron chi connectivity index (χ3n) is 4.52. The fourth-order valence-electron chi connectivity index (χ4n) is 2.94. The average Bonchev–Trinajstić information content (AvgIpc) is 2.72. The zero-order valence-corrected chi connectivity index (χ0v) is 16.2. The standard InChI is InChI=1S/C21H20N2O6/c1-4-12-5-7-14(8-6-12)23-20(26)15(19(25)22-21(23)27)9-13-10-16(28-2)18(24)17(11-13)29-3/h5-11,24H,4H2,1-3H3,(H,22,25,27)/b15-9-. The summed E-state index contributed by atoms with van der Waals surface area (Å²) in [4.78, 5) is 38.4. The number of aryl methyl sites for hydroxylation is 1. The number of nitrogens with one attached hydrogen (secondary N) is 1. The van der Waals surface area contributed by atoms with Crippen molar-refractivity contribution in [1.29, 1.82) is 0 Å². The summed E-state index contributed by atoms with van der Waals surface area (Å²) in [5, 5.41) is 12.2. The van der Waals surface area contributed by atoms with Gasteiger partial charge >= 0.3 is 6.03 Å². The molecule has 1 heterocycles. The lowest BCUT2D eigenvalue weighted by atomic mass is 10.1. The summed E-state index contributed by atoms with van der Waals surface area (Å²) in [5.41, 5.74) is 1.54. The third-order valence-corrected chi connectivity index (χ3v) is 4.52. The van der Waals surface area contributed by atoms with Crippen LogP contribution < -0.4 is 19.7 Å². The summed E-state index contributed by atoms with van der Waals surface area (Å²) in [7, 11) is 2.73. The number of urea groups is 1. The Labute approximate surface area is 167 Å². The number of anilines is 1. The molecular weight excluding hydrogens is 376 g/mol. The first kappa shape index (κ1) is 19.9. The molecule has 0 aliphatic carbocycles. The number of hydrogen-bond acceptors (Lipinski definition) is 6. The van der Waals surface area contributed by atoms with Crippen molar-refractivity contribution in [2.24, 2.45) is 0 Å². The van der Waals surface area contributed by atoms with E-state index in [0.29, 0.717) is 11.3 Å². The molecule has 0 radical (unpaired) electrons. The highest BCUT2D eigenvalue weighted by molar-refractivity contribution is 6.39. The molecule has 0 atom stereocenters. The zero-order valence-electron chi connectivity index (χ0n) is 16.2. The van der Waals surface area contributed by atoms with Gasteiger partial charge in [0.05, 0.1) is 19.9 Å². The number of rotatable bonds is 5. The number of amides is 4. The van der Waals surface area contributed by atoms with Gasteiger partial charge in [0.25, 0.3) is 11.8 Å². The first-order valence-corrected chi connectivity index (χ1v) is 8.85. The highest BCUT2D eigenvalue weighted by Crippen LogP contribution is 2.38. The Morgan fingerprint density at radius 2 is 1.62 bits per heavy atom. The van der Waals surface area contributed by atoms with Gasteiger partial charge in [-0.2, -0.15) is 0 Å². The fourth-order valence-corrected chi connectivity index (χ4v) is 2.94. The summed E-state index contributed by atoms with van der Waals surface area (Å²) >= 11 is 0. The van der Waals surface area contributed by atoms with Gasteiger partial charge in [0.2, 0.25) is 5.75 Å². The maximum absolute atomic E-state index is 12.9. The molecule has 1 saturated heterocycles. The van der Waals surface area contributed by atoms with Crippen LogP contribution in [0.25, 0.3) is 6.08 Å². The number of phenolic OH excluding ortho intramolecular Hbond substituents is 1. The Hall–Kier alpha value is -3.81. The van der Waals surface area contributed by atoms with Gasteiger partial charge < -0.3 is 14.6 Å². The summed E-state index contributed by atoms with van der Waals surface area (Å²) in [6.07, 6.45) is 2.12. The Morgan fingerprint density at radius 3 is 2.14 bits per heavy atom. The SMILES string of the molecule is CCc1ccc(N2C(=O)NC(=O)/C(=C/c3cc(OC)c(O)c(OC)c3)C2=O)cc1. The number of phenols is 1. The Balaban J connectivity index is 2.03. The Bertz CT molecular complexity index is 985. The molecule has 0 spiro atoms. The molecule has 0 bridgehead atoms. The fraction of sp³-hybridized carbons (Fsp3) is 0.190. The van der Waals surface area contributed by atoms with E-state index in [0.717, 1.165) is 16.9 Å². The summed E-state index contributed by atoms with van der Waals surface area (Å²) < 4.78 is 10.2. The number of carbonyl (C=O) groups excluding carboxylic acids is 3. The molecule has 1 aliphatic heterocycles. The van der Waals surface area contributed by atoms with Gasteiger partial charge in [-0.15, -0.1) is 0 Å². The Kier molecular flexibility index (Phi) is 5.54. The Morgan fingerprint density at radius 1 is 1.03 bits per heavy atom. The first-order chi connectivity index (χ1) is 13.9. The highest BCUT2D eigenvalue weighted by Gasteiger charge is 2.36. The lowest BCUT2D eigenvalue weighted by Crippen LogP contribution is -2.54. The van der Waals surface area contributed by atoms with E-state index in [4.69, 9.17) is 9.47 Å². The van der Waals surface area contributed by atoms with Crippen molar-refractivity contribution in [3.8, 4) is 17.2 Å². The monoisotopic (exact) mass is 396 g/mol. The van der Waals surface area contributed by atoms with Crippen molar-refractivity contribution in [3.05, 3.63) is 53.1 Å². The molecule has 8 heteroatoms. The molecule has 2 aromatic rings. The lowest BCUT2D eigenvalue weighted by Gasteiger charge is -2.26. The van der Waals surface area contributed by atoms with E-state index in [1.54, 1.807) is 12.1 Å². The van der Waals surface area contributed by atoms with Crippen LogP contribution in [0.5, 0.6) is 17.2 Å². The first-order valence-electron chi connectivity index (χ1n) is 8.85. The molecule has 1 fully saturated rings. The minimum absolute atomic E-state index is 0.114. The number of barbiturate groups is 1. The number of hydrogen-bond donors (Lipinski definition) is 2. The molecule has 8 nitrogen and oxygen atoms in total. The molecule has 0 saturated carbocycles. The normalized spacial score (nSPS) is 15.5. The molecule has 29 heavy (non-hydrogen) atoms. The average molecular weight is 396 g/mol. The molecule has 0 aromatic heterocycles. The van der Waals surface area contributed by atoms with Crippen molar-refractivity contribution in [1.82, 2.24) is 5.32 Å². The summed E-state index contributed by atoms with van der Waals surface area (Å²) in [5.74, 6) is -1.54. The minimum Gasteiger partial charge on any atom is -0.502 e. The van der Waals surface area contributed by atoms with Crippen LogP contribution in [-0.2, 0) is 16.0 Å². The molecular formula is C21H20N2O6. The number of methoxy groups -OCH3 is 2. The summed E-state index contributed by atoms with van der Waals surface area (Å²) in [6.45, 7) is 1.99. The molecule has 3 rings (SSSR count). The van der Waals surface area contributed by atoms with Crippen molar-refractivity contribution >= 4 is 29.6 Å². The van der Waals surface area contributed by atoms with Gasteiger partial charge in [-0.1, -0.05) is 19.1 Å². The van der Waals surface area contributed by atoms with Gasteiger partial charge in [-0.3, -0.25) is 14.9 Å². The van der Waals surface area contributed by atoms with Crippen LogP contribution in [0.15, 0.2) is 42.0 Å². The highest BCUT2D eigenvalue weighted by atomic mass is 16.5. The van der Waals surface area contributed by atoms with Crippen LogP contribution in [0.2, 0.25) is 0 Å². The van der Waals surface area contributed by atoms with E-state index in [2.05, 4.69) is 5.32 Å². The second kappa shape index (κ2) is 8.05. The van der Waals surface area contributed by atoms with E-state index in [1.807, 2.05) is 19.1 Å². The van der Waals surface area contributed by atoms with Crippen LogP contribution in [-0.4, -0.2) is 37.2 Å². The maximum Gasteiger partial charge on any atom is 0.335 e. The van der Waals surface area contributed by atoms with Crippen LogP contribution in [0, 0.1) is 0 Å². The second-order valence-corrected chi connectivity index (χ2v) is 6.25. The molecule has 150 valence electrons. The number of carbonyl (C=O) groups is 3. The molecule has 1 aliphatic rings. The van der Waals surface area contributed by atoms with E-state index in [9.17, 15) is 19.5 Å². The molecule has 4 amide bonds. The van der Waals surface area contributed by atoms with Crippen molar-refractivity contribution in [2.75, 3.05) is 19.1 Å².